The van der Waals surface area contributed by atoms with Gasteiger partial charge in [-0.15, -0.1) is 0 Å². The lowest BCUT2D eigenvalue weighted by molar-refractivity contribution is -0.385. The fourth-order valence-electron chi connectivity index (χ4n) is 1.86. The predicted octanol–water partition coefficient (Wildman–Crippen LogP) is 0.630. The van der Waals surface area contributed by atoms with Crippen LogP contribution in [0.1, 0.15) is 12.0 Å². The van der Waals surface area contributed by atoms with E-state index >= 15 is 0 Å². The minimum absolute atomic E-state index is 0.0506. The van der Waals surface area contributed by atoms with Gasteiger partial charge in [0.05, 0.1) is 24.5 Å². The molecule has 8 nitrogen and oxygen atoms in total. The van der Waals surface area contributed by atoms with Crippen LogP contribution in [0.25, 0.3) is 0 Å². The van der Waals surface area contributed by atoms with Crippen molar-refractivity contribution in [3.05, 3.63) is 39.9 Å². The summed E-state index contributed by atoms with van der Waals surface area (Å²) in [7, 11) is 3.12. The molecule has 0 unspecified atom stereocenters. The SMILES string of the molecule is CN.CN=CN.O=CCC1(c2cccc([N+](=O)[O-])c2)COC1. The fourth-order valence-corrected chi connectivity index (χ4v) is 1.86. The molecular weight excluding hydrogens is 288 g/mol. The van der Waals surface area contributed by atoms with E-state index in [0.717, 1.165) is 11.8 Å². The maximum atomic E-state index is 10.6. The Morgan fingerprint density at radius 2 is 2.05 bits per heavy atom. The molecule has 0 aliphatic carbocycles. The van der Waals surface area contributed by atoms with Gasteiger partial charge in [-0.25, -0.2) is 0 Å². The van der Waals surface area contributed by atoms with E-state index in [9.17, 15) is 14.9 Å². The molecule has 0 spiro atoms. The van der Waals surface area contributed by atoms with Crippen molar-refractivity contribution >= 4 is 18.3 Å². The number of nitrogens with zero attached hydrogens (tertiary/aromatic N) is 2. The summed E-state index contributed by atoms with van der Waals surface area (Å²) >= 11 is 0. The molecule has 0 aromatic heterocycles. The third kappa shape index (κ3) is 5.23. The van der Waals surface area contributed by atoms with Crippen molar-refractivity contribution in [1.82, 2.24) is 0 Å². The van der Waals surface area contributed by atoms with Gasteiger partial charge in [-0.05, 0) is 12.6 Å². The molecule has 8 heteroatoms. The van der Waals surface area contributed by atoms with Crippen LogP contribution in [0, 0.1) is 10.1 Å². The number of nitro benzene ring substituents is 1. The van der Waals surface area contributed by atoms with Gasteiger partial charge in [-0.2, -0.15) is 0 Å². The summed E-state index contributed by atoms with van der Waals surface area (Å²) in [5.74, 6) is 0. The fraction of sp³-hybridized carbons (Fsp3) is 0.429. The van der Waals surface area contributed by atoms with Crippen LogP contribution in [0.3, 0.4) is 0 Å². The predicted molar refractivity (Wildman–Crippen MR) is 85.0 cm³/mol. The van der Waals surface area contributed by atoms with E-state index in [1.807, 2.05) is 0 Å². The van der Waals surface area contributed by atoms with Crippen LogP contribution < -0.4 is 11.5 Å². The molecule has 0 amide bonds. The monoisotopic (exact) mass is 310 g/mol. The Morgan fingerprint density at radius 3 is 2.41 bits per heavy atom. The second kappa shape index (κ2) is 10.4. The van der Waals surface area contributed by atoms with Crippen molar-refractivity contribution < 1.29 is 14.5 Å². The lowest BCUT2D eigenvalue weighted by Gasteiger charge is -2.40. The van der Waals surface area contributed by atoms with Crippen LogP contribution in [0.15, 0.2) is 29.3 Å². The summed E-state index contributed by atoms with van der Waals surface area (Å²) in [6.07, 6.45) is 2.43. The number of carbonyl (C=O) groups excluding carboxylic acids is 1. The summed E-state index contributed by atoms with van der Waals surface area (Å²) < 4.78 is 5.12. The average Bonchev–Trinajstić information content (AvgIpc) is 2.53. The van der Waals surface area contributed by atoms with E-state index in [2.05, 4.69) is 10.7 Å². The van der Waals surface area contributed by atoms with Crippen molar-refractivity contribution in [1.29, 1.82) is 0 Å². The van der Waals surface area contributed by atoms with Crippen LogP contribution in [0.2, 0.25) is 0 Å². The van der Waals surface area contributed by atoms with E-state index in [0.29, 0.717) is 19.6 Å². The molecule has 1 aliphatic rings. The van der Waals surface area contributed by atoms with Crippen LogP contribution in [0.4, 0.5) is 5.69 Å². The molecule has 122 valence electrons. The number of nitro groups is 1. The minimum atomic E-state index is -0.433. The number of hydrogen-bond donors (Lipinski definition) is 2. The Kier molecular flexibility index (Phi) is 9.31. The summed E-state index contributed by atoms with van der Waals surface area (Å²) in [4.78, 5) is 24.2. The standard InChI is InChI=1S/C11H11NO4.C2H6N2.CH5N/c13-5-4-11(7-16-8-11)9-2-1-3-10(6-9)12(14)15;1-4-2-3;1-2/h1-3,5-6H,4,7-8H2;2H,1H3,(H2,3,4);2H2,1H3. The zero-order valence-corrected chi connectivity index (χ0v) is 12.8. The largest absolute Gasteiger partial charge is 0.390 e. The molecule has 2 rings (SSSR count). The highest BCUT2D eigenvalue weighted by Gasteiger charge is 2.40. The van der Waals surface area contributed by atoms with Crippen LogP contribution in [-0.2, 0) is 14.9 Å². The second-order valence-electron chi connectivity index (χ2n) is 4.36. The van der Waals surface area contributed by atoms with Crippen LogP contribution >= 0.6 is 0 Å². The maximum absolute atomic E-state index is 10.6. The van der Waals surface area contributed by atoms with Gasteiger partial charge in [0.25, 0.3) is 5.69 Å². The summed E-state index contributed by atoms with van der Waals surface area (Å²) in [5.41, 5.74) is 9.74. The van der Waals surface area contributed by atoms with Gasteiger partial charge in [0, 0.05) is 31.0 Å². The van der Waals surface area contributed by atoms with E-state index in [1.165, 1.54) is 25.5 Å². The Bertz CT molecular complexity index is 497. The first-order valence-corrected chi connectivity index (χ1v) is 6.56. The molecule has 0 saturated carbocycles. The first-order valence-electron chi connectivity index (χ1n) is 6.56. The van der Waals surface area contributed by atoms with Crippen molar-refractivity contribution in [2.45, 2.75) is 11.8 Å². The highest BCUT2D eigenvalue weighted by atomic mass is 16.6. The highest BCUT2D eigenvalue weighted by Crippen LogP contribution is 2.36. The molecule has 22 heavy (non-hydrogen) atoms. The summed E-state index contributed by atoms with van der Waals surface area (Å²) in [5, 5.41) is 10.6. The first-order chi connectivity index (χ1) is 10.6. The third-order valence-corrected chi connectivity index (χ3v) is 3.05. The number of nitrogens with two attached hydrogens (primary N) is 2. The maximum Gasteiger partial charge on any atom is 0.269 e. The van der Waals surface area contributed by atoms with Crippen molar-refractivity contribution in [2.75, 3.05) is 27.3 Å². The third-order valence-electron chi connectivity index (χ3n) is 3.05. The number of aliphatic imine (C=N–C) groups is 1. The number of non-ortho nitro benzene ring substituents is 1. The number of ether oxygens (including phenoxy) is 1. The van der Waals surface area contributed by atoms with Crippen molar-refractivity contribution in [2.24, 2.45) is 16.5 Å². The molecule has 1 aliphatic heterocycles. The Labute approximate surface area is 129 Å². The minimum Gasteiger partial charge on any atom is -0.390 e. The zero-order valence-electron chi connectivity index (χ0n) is 12.8. The smallest absolute Gasteiger partial charge is 0.269 e. The van der Waals surface area contributed by atoms with Gasteiger partial charge >= 0.3 is 0 Å². The normalized spacial score (nSPS) is 14.7. The number of carbonyl (C=O) groups is 1. The van der Waals surface area contributed by atoms with Gasteiger partial charge in [-0.3, -0.25) is 15.1 Å². The molecular formula is C14H22N4O4. The van der Waals surface area contributed by atoms with Gasteiger partial charge in [0.2, 0.25) is 0 Å². The van der Waals surface area contributed by atoms with Crippen LogP contribution in [-0.4, -0.2) is 44.9 Å². The lowest BCUT2D eigenvalue weighted by Crippen LogP contribution is -2.47. The number of benzene rings is 1. The van der Waals surface area contributed by atoms with Gasteiger partial charge in [0.1, 0.15) is 6.29 Å². The lowest BCUT2D eigenvalue weighted by atomic mass is 9.76. The van der Waals surface area contributed by atoms with E-state index in [-0.39, 0.29) is 11.1 Å². The molecule has 1 heterocycles. The number of aldehydes is 1. The molecule has 0 radical (unpaired) electrons. The van der Waals surface area contributed by atoms with E-state index in [4.69, 9.17) is 10.5 Å². The van der Waals surface area contributed by atoms with Gasteiger partial charge in [0.15, 0.2) is 0 Å². The topological polar surface area (TPSA) is 134 Å². The zero-order chi connectivity index (χ0) is 17.0. The Morgan fingerprint density at radius 1 is 1.45 bits per heavy atom. The van der Waals surface area contributed by atoms with Gasteiger partial charge in [-0.1, -0.05) is 12.1 Å². The molecule has 0 atom stereocenters. The summed E-state index contributed by atoms with van der Waals surface area (Å²) in [6.45, 7) is 0.903. The van der Waals surface area contributed by atoms with Crippen molar-refractivity contribution in [3.8, 4) is 0 Å². The molecule has 1 saturated heterocycles. The quantitative estimate of drug-likeness (QED) is 0.275. The van der Waals surface area contributed by atoms with E-state index < -0.39 is 4.92 Å². The van der Waals surface area contributed by atoms with Crippen molar-refractivity contribution in [3.63, 3.8) is 0 Å². The summed E-state index contributed by atoms with van der Waals surface area (Å²) in [6, 6.07) is 6.40. The van der Waals surface area contributed by atoms with Gasteiger partial charge < -0.3 is 21.0 Å². The number of rotatable bonds is 4. The van der Waals surface area contributed by atoms with Crippen LogP contribution in [0.5, 0.6) is 0 Å². The molecule has 4 N–H and O–H groups in total. The average molecular weight is 310 g/mol. The molecule has 1 fully saturated rings. The van der Waals surface area contributed by atoms with E-state index in [1.54, 1.807) is 19.2 Å². The highest BCUT2D eigenvalue weighted by molar-refractivity contribution is 5.55. The number of hydrogen-bond acceptors (Lipinski definition) is 6. The molecule has 1 aromatic rings. The Hall–Kier alpha value is -2.32. The Balaban J connectivity index is 0.000000640. The molecule has 1 aromatic carbocycles. The second-order valence-corrected chi connectivity index (χ2v) is 4.36. The molecule has 0 bridgehead atoms. The first kappa shape index (κ1) is 19.7.